The molecule has 0 N–H and O–H groups in total. The molecule has 0 amide bonds. The number of nitrogens with zero attached hydrogens (tertiary/aromatic N) is 3. The molecule has 0 aliphatic carbocycles. The van der Waals surface area contributed by atoms with Crippen LogP contribution in [0.3, 0.4) is 0 Å². The van der Waals surface area contributed by atoms with Gasteiger partial charge in [-0.05, 0) is 40.2 Å². The summed E-state index contributed by atoms with van der Waals surface area (Å²) >= 11 is 1.53. The Bertz CT molecular complexity index is 619. The third-order valence-corrected chi connectivity index (χ3v) is 4.76. The number of aryl methyl sites for hydroxylation is 1. The molecule has 1 aliphatic rings. The van der Waals surface area contributed by atoms with Gasteiger partial charge in [-0.3, -0.25) is 0 Å². The summed E-state index contributed by atoms with van der Waals surface area (Å²) in [6.45, 7) is 10.2. The predicted molar refractivity (Wildman–Crippen MR) is 79.7 cm³/mol. The highest BCUT2D eigenvalue weighted by atomic mass is 32.1. The third-order valence-electron chi connectivity index (χ3n) is 3.91. The smallest absolute Gasteiger partial charge is 0.398 e. The third kappa shape index (κ3) is 2.19. The van der Waals surface area contributed by atoms with Gasteiger partial charge in [0.15, 0.2) is 0 Å². The molecule has 3 rings (SSSR count). The maximum absolute atomic E-state index is 6.00. The Morgan fingerprint density at radius 2 is 1.85 bits per heavy atom. The fourth-order valence-corrected chi connectivity index (χ4v) is 2.73. The summed E-state index contributed by atoms with van der Waals surface area (Å²) in [5, 5.41) is 7.05. The van der Waals surface area contributed by atoms with Crippen molar-refractivity contribution in [2.75, 3.05) is 0 Å². The lowest BCUT2D eigenvalue weighted by Crippen LogP contribution is -2.41. The van der Waals surface area contributed by atoms with Crippen molar-refractivity contribution in [1.29, 1.82) is 0 Å². The van der Waals surface area contributed by atoms with Gasteiger partial charge in [0, 0.05) is 11.6 Å². The standard InChI is InChI=1S/C13H18BN3O2S/c1-9-6-15-17(7-9)11-16-10(8-20-11)14-18-12(2,3)13(4,5)19-14/h6-8H,1-5H3. The average molecular weight is 291 g/mol. The van der Waals surface area contributed by atoms with Gasteiger partial charge < -0.3 is 9.31 Å². The van der Waals surface area contributed by atoms with Crippen LogP contribution in [-0.2, 0) is 9.31 Å². The lowest BCUT2D eigenvalue weighted by molar-refractivity contribution is 0.00578. The molecule has 106 valence electrons. The van der Waals surface area contributed by atoms with Gasteiger partial charge in [-0.2, -0.15) is 5.10 Å². The maximum Gasteiger partial charge on any atom is 0.515 e. The Morgan fingerprint density at radius 3 is 2.40 bits per heavy atom. The molecular formula is C13H18BN3O2S. The van der Waals surface area contributed by atoms with Crippen LogP contribution in [0.5, 0.6) is 0 Å². The first-order valence-corrected chi connectivity index (χ1v) is 7.49. The predicted octanol–water partition coefficient (Wildman–Crippen LogP) is 1.94. The van der Waals surface area contributed by atoms with E-state index in [2.05, 4.69) is 10.1 Å². The Hall–Kier alpha value is -1.18. The minimum atomic E-state index is -0.415. The van der Waals surface area contributed by atoms with Crippen LogP contribution in [-0.4, -0.2) is 33.1 Å². The zero-order valence-corrected chi connectivity index (χ0v) is 13.2. The monoisotopic (exact) mass is 291 g/mol. The first kappa shape index (κ1) is 13.8. The lowest BCUT2D eigenvalue weighted by Gasteiger charge is -2.32. The van der Waals surface area contributed by atoms with Crippen molar-refractivity contribution in [3.05, 3.63) is 23.3 Å². The van der Waals surface area contributed by atoms with Gasteiger partial charge in [-0.15, -0.1) is 11.3 Å². The molecule has 1 saturated heterocycles. The highest BCUT2D eigenvalue weighted by molar-refractivity contribution is 7.13. The molecule has 2 aromatic rings. The fraction of sp³-hybridized carbons (Fsp3) is 0.538. The Balaban J connectivity index is 1.85. The van der Waals surface area contributed by atoms with E-state index in [1.807, 2.05) is 52.4 Å². The van der Waals surface area contributed by atoms with Crippen molar-refractivity contribution < 1.29 is 9.31 Å². The van der Waals surface area contributed by atoms with Gasteiger partial charge in [-0.25, -0.2) is 9.67 Å². The first-order chi connectivity index (χ1) is 9.28. The second-order valence-electron chi connectivity index (χ2n) is 6.11. The lowest BCUT2D eigenvalue weighted by atomic mass is 9.86. The summed E-state index contributed by atoms with van der Waals surface area (Å²) in [5.74, 6) is 0. The SMILES string of the molecule is Cc1cnn(-c2nc(B3OC(C)(C)C(C)(C)O3)cs2)c1. The summed E-state index contributed by atoms with van der Waals surface area (Å²) < 4.78 is 13.8. The Labute approximate surface area is 123 Å². The van der Waals surface area contributed by atoms with Crippen LogP contribution in [0.2, 0.25) is 0 Å². The second-order valence-corrected chi connectivity index (χ2v) is 6.94. The molecule has 0 atom stereocenters. The van der Waals surface area contributed by atoms with E-state index in [1.165, 1.54) is 11.3 Å². The van der Waals surface area contributed by atoms with Crippen LogP contribution in [0.4, 0.5) is 0 Å². The minimum absolute atomic E-state index is 0.344. The zero-order chi connectivity index (χ0) is 14.5. The normalized spacial score (nSPS) is 20.6. The van der Waals surface area contributed by atoms with Gasteiger partial charge in [-0.1, -0.05) is 0 Å². The molecule has 3 heterocycles. The highest BCUT2D eigenvalue weighted by Gasteiger charge is 2.52. The number of aromatic nitrogens is 3. The van der Waals surface area contributed by atoms with Crippen molar-refractivity contribution in [2.24, 2.45) is 0 Å². The molecule has 5 nitrogen and oxygen atoms in total. The Kier molecular flexibility index (Phi) is 3.04. The molecule has 0 radical (unpaired) electrons. The topological polar surface area (TPSA) is 49.2 Å². The molecule has 1 aliphatic heterocycles. The fourth-order valence-electron chi connectivity index (χ4n) is 1.97. The molecule has 0 aromatic carbocycles. The number of hydrogen-bond acceptors (Lipinski definition) is 5. The van der Waals surface area contributed by atoms with Crippen LogP contribution < -0.4 is 5.59 Å². The number of hydrogen-bond donors (Lipinski definition) is 0. The largest absolute Gasteiger partial charge is 0.515 e. The molecule has 1 fully saturated rings. The molecular weight excluding hydrogens is 273 g/mol. The summed E-state index contributed by atoms with van der Waals surface area (Å²) in [7, 11) is -0.415. The van der Waals surface area contributed by atoms with Crippen LogP contribution >= 0.6 is 11.3 Å². The van der Waals surface area contributed by atoms with Gasteiger partial charge in [0.2, 0.25) is 5.13 Å². The number of rotatable bonds is 2. The van der Waals surface area contributed by atoms with Gasteiger partial charge in [0.05, 0.1) is 23.0 Å². The average Bonchev–Trinajstić information content (AvgIpc) is 2.98. The highest BCUT2D eigenvalue weighted by Crippen LogP contribution is 2.36. The van der Waals surface area contributed by atoms with Crippen LogP contribution in [0.1, 0.15) is 33.3 Å². The maximum atomic E-state index is 6.00. The summed E-state index contributed by atoms with van der Waals surface area (Å²) in [6, 6.07) is 0. The molecule has 2 aromatic heterocycles. The van der Waals surface area contributed by atoms with E-state index in [4.69, 9.17) is 9.31 Å². The van der Waals surface area contributed by atoms with Gasteiger partial charge in [0.25, 0.3) is 0 Å². The molecule has 0 unspecified atom stereocenters. The van der Waals surface area contributed by atoms with Crippen LogP contribution in [0.25, 0.3) is 5.13 Å². The van der Waals surface area contributed by atoms with Crippen molar-refractivity contribution in [3.63, 3.8) is 0 Å². The van der Waals surface area contributed by atoms with Crippen molar-refractivity contribution in [3.8, 4) is 5.13 Å². The zero-order valence-electron chi connectivity index (χ0n) is 12.4. The molecule has 0 bridgehead atoms. The molecule has 0 spiro atoms. The van der Waals surface area contributed by atoms with Crippen LogP contribution in [0.15, 0.2) is 17.8 Å². The van der Waals surface area contributed by atoms with E-state index in [-0.39, 0.29) is 11.2 Å². The molecule has 7 heteroatoms. The first-order valence-electron chi connectivity index (χ1n) is 6.61. The van der Waals surface area contributed by atoms with E-state index in [0.29, 0.717) is 0 Å². The van der Waals surface area contributed by atoms with Crippen LogP contribution in [0, 0.1) is 6.92 Å². The molecule has 20 heavy (non-hydrogen) atoms. The van der Waals surface area contributed by atoms with E-state index in [1.54, 1.807) is 4.68 Å². The van der Waals surface area contributed by atoms with Crippen molar-refractivity contribution in [2.45, 2.75) is 45.8 Å². The van der Waals surface area contributed by atoms with E-state index in [9.17, 15) is 0 Å². The summed E-state index contributed by atoms with van der Waals surface area (Å²) in [5.41, 5.74) is 1.22. The van der Waals surface area contributed by atoms with E-state index in [0.717, 1.165) is 16.3 Å². The van der Waals surface area contributed by atoms with E-state index >= 15 is 0 Å². The minimum Gasteiger partial charge on any atom is -0.398 e. The second kappa shape index (κ2) is 4.41. The van der Waals surface area contributed by atoms with Crippen molar-refractivity contribution >= 4 is 24.0 Å². The number of thiazole rings is 1. The summed E-state index contributed by atoms with van der Waals surface area (Å²) in [6.07, 6.45) is 3.77. The molecule has 0 saturated carbocycles. The Morgan fingerprint density at radius 1 is 1.20 bits per heavy atom. The van der Waals surface area contributed by atoms with Crippen molar-refractivity contribution in [1.82, 2.24) is 14.8 Å². The van der Waals surface area contributed by atoms with E-state index < -0.39 is 7.12 Å². The summed E-state index contributed by atoms with van der Waals surface area (Å²) in [4.78, 5) is 4.58. The van der Waals surface area contributed by atoms with Gasteiger partial charge >= 0.3 is 7.12 Å². The van der Waals surface area contributed by atoms with Gasteiger partial charge in [0.1, 0.15) is 0 Å². The quantitative estimate of drug-likeness (QED) is 0.793.